The van der Waals surface area contributed by atoms with Gasteiger partial charge in [0, 0.05) is 0 Å². The summed E-state index contributed by atoms with van der Waals surface area (Å²) >= 11 is 0. The zero-order valence-corrected chi connectivity index (χ0v) is 9.02. The standard InChI is InChI=1S/C11H18O4/c1-2-3-4-7-14-11-6-5-9(13)10(8-12)15-11/h5-6,10-12H,2-4,7-8H2,1H3/t10-,11+/m1/s1. The highest BCUT2D eigenvalue weighted by molar-refractivity contribution is 5.94. The average Bonchev–Trinajstić information content (AvgIpc) is 2.26. The number of aliphatic hydroxyl groups is 1. The highest BCUT2D eigenvalue weighted by Crippen LogP contribution is 2.11. The van der Waals surface area contributed by atoms with E-state index in [1.807, 2.05) is 0 Å². The SMILES string of the molecule is CCCCCO[C@@H]1C=CC(=O)[C@@H](CO)O1. The number of hydrogen-bond donors (Lipinski definition) is 1. The summed E-state index contributed by atoms with van der Waals surface area (Å²) in [5, 5.41) is 8.85. The van der Waals surface area contributed by atoms with Gasteiger partial charge >= 0.3 is 0 Å². The predicted octanol–water partition coefficient (Wildman–Crippen LogP) is 1.04. The van der Waals surface area contributed by atoms with Gasteiger partial charge in [-0.3, -0.25) is 4.79 Å². The lowest BCUT2D eigenvalue weighted by molar-refractivity contribution is -0.168. The van der Waals surface area contributed by atoms with Crippen molar-refractivity contribution in [2.45, 2.75) is 38.6 Å². The minimum absolute atomic E-state index is 0.203. The van der Waals surface area contributed by atoms with Crippen molar-refractivity contribution in [3.8, 4) is 0 Å². The summed E-state index contributed by atoms with van der Waals surface area (Å²) in [4.78, 5) is 11.1. The number of ketones is 1. The number of carbonyl (C=O) groups is 1. The maximum absolute atomic E-state index is 11.1. The van der Waals surface area contributed by atoms with E-state index in [2.05, 4.69) is 6.92 Å². The number of ether oxygens (including phenoxy) is 2. The molecule has 0 bridgehead atoms. The van der Waals surface area contributed by atoms with E-state index in [9.17, 15) is 4.79 Å². The number of carbonyl (C=O) groups excluding carboxylic acids is 1. The Balaban J connectivity index is 2.25. The van der Waals surface area contributed by atoms with Crippen LogP contribution in [0.3, 0.4) is 0 Å². The maximum atomic E-state index is 11.1. The third-order valence-corrected chi connectivity index (χ3v) is 2.23. The minimum Gasteiger partial charge on any atom is -0.393 e. The van der Waals surface area contributed by atoms with Crippen molar-refractivity contribution < 1.29 is 19.4 Å². The Morgan fingerprint density at radius 3 is 3.00 bits per heavy atom. The number of rotatable bonds is 6. The first-order valence-electron chi connectivity index (χ1n) is 5.38. The van der Waals surface area contributed by atoms with E-state index >= 15 is 0 Å². The van der Waals surface area contributed by atoms with Crippen molar-refractivity contribution in [3.63, 3.8) is 0 Å². The van der Waals surface area contributed by atoms with Crippen LogP contribution in [0.4, 0.5) is 0 Å². The van der Waals surface area contributed by atoms with Gasteiger partial charge in [-0.15, -0.1) is 0 Å². The first-order valence-corrected chi connectivity index (χ1v) is 5.38. The Morgan fingerprint density at radius 1 is 1.53 bits per heavy atom. The van der Waals surface area contributed by atoms with Gasteiger partial charge in [-0.05, 0) is 18.6 Å². The van der Waals surface area contributed by atoms with Crippen molar-refractivity contribution in [2.24, 2.45) is 0 Å². The molecular formula is C11H18O4. The molecule has 0 unspecified atom stereocenters. The largest absolute Gasteiger partial charge is 0.393 e. The second-order valence-electron chi connectivity index (χ2n) is 3.52. The van der Waals surface area contributed by atoms with E-state index in [0.29, 0.717) is 6.61 Å². The Bertz CT molecular complexity index is 225. The molecule has 1 aliphatic heterocycles. The molecule has 1 heterocycles. The van der Waals surface area contributed by atoms with Crippen molar-refractivity contribution >= 4 is 5.78 Å². The van der Waals surface area contributed by atoms with E-state index in [4.69, 9.17) is 14.6 Å². The molecule has 4 heteroatoms. The molecule has 0 fully saturated rings. The third kappa shape index (κ3) is 4.11. The lowest BCUT2D eigenvalue weighted by atomic mass is 10.2. The van der Waals surface area contributed by atoms with E-state index < -0.39 is 12.4 Å². The summed E-state index contributed by atoms with van der Waals surface area (Å²) in [6.45, 7) is 2.45. The van der Waals surface area contributed by atoms with Crippen molar-refractivity contribution in [1.29, 1.82) is 0 Å². The summed E-state index contributed by atoms with van der Waals surface area (Å²) in [7, 11) is 0. The fourth-order valence-electron chi connectivity index (χ4n) is 1.33. The molecule has 0 amide bonds. The summed E-state index contributed by atoms with van der Waals surface area (Å²) < 4.78 is 10.6. The zero-order chi connectivity index (χ0) is 11.1. The summed E-state index contributed by atoms with van der Waals surface area (Å²) in [5.74, 6) is -0.203. The topological polar surface area (TPSA) is 55.8 Å². The molecule has 0 aromatic rings. The van der Waals surface area contributed by atoms with Crippen LogP contribution in [0.5, 0.6) is 0 Å². The van der Waals surface area contributed by atoms with Crippen LogP contribution in [0.25, 0.3) is 0 Å². The highest BCUT2D eigenvalue weighted by atomic mass is 16.7. The molecule has 0 aliphatic carbocycles. The minimum atomic E-state index is -0.758. The van der Waals surface area contributed by atoms with Gasteiger partial charge in [0.05, 0.1) is 13.2 Å². The summed E-state index contributed by atoms with van der Waals surface area (Å²) in [6, 6.07) is 0. The monoisotopic (exact) mass is 214 g/mol. The maximum Gasteiger partial charge on any atom is 0.186 e. The number of hydrogen-bond acceptors (Lipinski definition) is 4. The van der Waals surface area contributed by atoms with Crippen LogP contribution in [-0.4, -0.2) is 36.5 Å². The molecular weight excluding hydrogens is 196 g/mol. The third-order valence-electron chi connectivity index (χ3n) is 2.23. The molecule has 0 aromatic carbocycles. The van der Waals surface area contributed by atoms with Gasteiger partial charge in [0.2, 0.25) is 0 Å². The van der Waals surface area contributed by atoms with Gasteiger partial charge in [0.1, 0.15) is 6.10 Å². The zero-order valence-electron chi connectivity index (χ0n) is 9.02. The molecule has 86 valence electrons. The molecule has 0 saturated heterocycles. The first kappa shape index (κ1) is 12.4. The fraction of sp³-hybridized carbons (Fsp3) is 0.727. The second-order valence-corrected chi connectivity index (χ2v) is 3.52. The van der Waals surface area contributed by atoms with Crippen molar-refractivity contribution in [3.05, 3.63) is 12.2 Å². The number of unbranched alkanes of at least 4 members (excludes halogenated alkanes) is 2. The molecule has 1 rings (SSSR count). The molecule has 15 heavy (non-hydrogen) atoms. The van der Waals surface area contributed by atoms with E-state index in [0.717, 1.165) is 19.3 Å². The van der Waals surface area contributed by atoms with E-state index in [-0.39, 0.29) is 12.4 Å². The van der Waals surface area contributed by atoms with Gasteiger partial charge in [-0.25, -0.2) is 0 Å². The van der Waals surface area contributed by atoms with Gasteiger partial charge in [0.25, 0.3) is 0 Å². The molecule has 0 saturated carbocycles. The van der Waals surface area contributed by atoms with Gasteiger partial charge < -0.3 is 14.6 Å². The fourth-order valence-corrected chi connectivity index (χ4v) is 1.33. The van der Waals surface area contributed by atoms with E-state index in [1.165, 1.54) is 6.08 Å². The Morgan fingerprint density at radius 2 is 2.33 bits per heavy atom. The van der Waals surface area contributed by atoms with Gasteiger partial charge in [-0.1, -0.05) is 19.8 Å². The lowest BCUT2D eigenvalue weighted by Crippen LogP contribution is -2.35. The quantitative estimate of drug-likeness (QED) is 0.671. The van der Waals surface area contributed by atoms with Crippen LogP contribution in [-0.2, 0) is 14.3 Å². The van der Waals surface area contributed by atoms with Crippen molar-refractivity contribution in [2.75, 3.05) is 13.2 Å². The predicted molar refractivity (Wildman–Crippen MR) is 55.4 cm³/mol. The van der Waals surface area contributed by atoms with Crippen LogP contribution in [0.2, 0.25) is 0 Å². The van der Waals surface area contributed by atoms with Crippen LogP contribution < -0.4 is 0 Å². The normalized spacial score (nSPS) is 25.9. The van der Waals surface area contributed by atoms with Crippen LogP contribution in [0.15, 0.2) is 12.2 Å². The molecule has 0 spiro atoms. The Labute approximate surface area is 89.9 Å². The Hall–Kier alpha value is -0.710. The lowest BCUT2D eigenvalue weighted by Gasteiger charge is -2.23. The van der Waals surface area contributed by atoms with E-state index in [1.54, 1.807) is 6.08 Å². The molecule has 1 N–H and O–H groups in total. The molecule has 0 aromatic heterocycles. The van der Waals surface area contributed by atoms with Crippen LogP contribution >= 0.6 is 0 Å². The second kappa shape index (κ2) is 6.71. The first-order chi connectivity index (χ1) is 7.27. The highest BCUT2D eigenvalue weighted by Gasteiger charge is 2.24. The van der Waals surface area contributed by atoms with Crippen LogP contribution in [0, 0.1) is 0 Å². The number of aliphatic hydroxyl groups excluding tert-OH is 1. The van der Waals surface area contributed by atoms with Crippen LogP contribution in [0.1, 0.15) is 26.2 Å². The molecule has 4 nitrogen and oxygen atoms in total. The average molecular weight is 214 g/mol. The molecule has 0 radical (unpaired) electrons. The molecule has 1 aliphatic rings. The summed E-state index contributed by atoms with van der Waals surface area (Å²) in [6.07, 6.45) is 5.00. The van der Waals surface area contributed by atoms with Gasteiger partial charge in [0.15, 0.2) is 12.1 Å². The van der Waals surface area contributed by atoms with Crippen molar-refractivity contribution in [1.82, 2.24) is 0 Å². The summed E-state index contributed by atoms with van der Waals surface area (Å²) in [5.41, 5.74) is 0. The van der Waals surface area contributed by atoms with Gasteiger partial charge in [-0.2, -0.15) is 0 Å². The smallest absolute Gasteiger partial charge is 0.186 e. The molecule has 2 atom stereocenters. The Kier molecular flexibility index (Phi) is 5.53.